The van der Waals surface area contributed by atoms with Crippen LogP contribution in [0.1, 0.15) is 36.5 Å². The van der Waals surface area contributed by atoms with Crippen LogP contribution in [0.15, 0.2) is 65.8 Å². The van der Waals surface area contributed by atoms with Gasteiger partial charge >= 0.3 is 5.97 Å². The maximum absolute atomic E-state index is 11.8. The Hall–Kier alpha value is -4.20. The smallest absolute Gasteiger partial charge is 0.306 e. The van der Waals surface area contributed by atoms with Crippen molar-refractivity contribution in [1.82, 2.24) is 4.57 Å². The fourth-order valence-corrected chi connectivity index (χ4v) is 4.14. The fourth-order valence-electron chi connectivity index (χ4n) is 4.14. The molecule has 0 atom stereocenters. The van der Waals surface area contributed by atoms with Gasteiger partial charge in [-0.15, -0.1) is 0 Å². The highest BCUT2D eigenvalue weighted by molar-refractivity contribution is 6.12. The minimum absolute atomic E-state index is 0.00523. The van der Waals surface area contributed by atoms with Crippen LogP contribution in [0.25, 0.3) is 21.8 Å². The van der Waals surface area contributed by atoms with Crippen molar-refractivity contribution in [3.8, 4) is 0 Å². The van der Waals surface area contributed by atoms with Gasteiger partial charge in [0.05, 0.1) is 23.7 Å². The number of carbonyl (C=O) groups is 1. The first kappa shape index (κ1) is 23.0. The van der Waals surface area contributed by atoms with Gasteiger partial charge in [-0.3, -0.25) is 14.9 Å². The van der Waals surface area contributed by atoms with Gasteiger partial charge in [-0.1, -0.05) is 41.1 Å². The average Bonchev–Trinajstić information content (AvgIpc) is 3.13. The quantitative estimate of drug-likeness (QED) is 0.122. The first-order chi connectivity index (χ1) is 16.4. The van der Waals surface area contributed by atoms with E-state index in [4.69, 9.17) is 4.74 Å². The number of carbonyl (C=O) groups excluding carboxylic acids is 1. The lowest BCUT2D eigenvalue weighted by Crippen LogP contribution is -2.09. The van der Waals surface area contributed by atoms with Gasteiger partial charge < -0.3 is 14.5 Å². The van der Waals surface area contributed by atoms with Gasteiger partial charge in [0, 0.05) is 52.5 Å². The Labute approximate surface area is 196 Å². The Morgan fingerprint density at radius 1 is 1.03 bits per heavy atom. The Kier molecular flexibility index (Phi) is 6.58. The van der Waals surface area contributed by atoms with Crippen LogP contribution in [-0.4, -0.2) is 33.0 Å². The number of benzene rings is 3. The number of non-ortho nitro benzene ring substituents is 1. The van der Waals surface area contributed by atoms with E-state index in [2.05, 4.69) is 34.0 Å². The number of rotatable bonds is 8. The third-order valence-corrected chi connectivity index (χ3v) is 5.85. The molecule has 0 unspecified atom stereocenters. The van der Waals surface area contributed by atoms with Crippen LogP contribution in [0.4, 0.5) is 5.69 Å². The van der Waals surface area contributed by atoms with Crippen molar-refractivity contribution in [2.45, 2.75) is 33.2 Å². The highest BCUT2D eigenvalue weighted by atomic mass is 16.6. The van der Waals surface area contributed by atoms with Crippen LogP contribution in [0.5, 0.6) is 0 Å². The van der Waals surface area contributed by atoms with E-state index in [1.807, 2.05) is 25.1 Å². The lowest BCUT2D eigenvalue weighted by atomic mass is 10.0. The van der Waals surface area contributed by atoms with Crippen molar-refractivity contribution >= 4 is 39.2 Å². The molecule has 0 bridgehead atoms. The van der Waals surface area contributed by atoms with E-state index in [0.717, 1.165) is 27.4 Å². The van der Waals surface area contributed by atoms with Crippen molar-refractivity contribution in [2.75, 3.05) is 6.61 Å². The zero-order valence-electron chi connectivity index (χ0n) is 19.0. The van der Waals surface area contributed by atoms with Crippen LogP contribution >= 0.6 is 0 Å². The number of aromatic nitrogens is 1. The van der Waals surface area contributed by atoms with Crippen molar-refractivity contribution in [3.05, 3.63) is 87.5 Å². The summed E-state index contributed by atoms with van der Waals surface area (Å²) < 4.78 is 7.08. The molecule has 8 heteroatoms. The Morgan fingerprint density at radius 2 is 1.71 bits per heavy atom. The lowest BCUT2D eigenvalue weighted by Gasteiger charge is -2.09. The van der Waals surface area contributed by atoms with E-state index in [1.165, 1.54) is 11.6 Å². The number of hydrogen-bond acceptors (Lipinski definition) is 6. The summed E-state index contributed by atoms with van der Waals surface area (Å²) in [6.07, 6.45) is 0.301. The molecule has 0 radical (unpaired) electrons. The van der Waals surface area contributed by atoms with E-state index in [0.29, 0.717) is 17.8 Å². The van der Waals surface area contributed by atoms with Crippen molar-refractivity contribution in [1.29, 1.82) is 0 Å². The van der Waals surface area contributed by atoms with Crippen molar-refractivity contribution in [3.63, 3.8) is 0 Å². The summed E-state index contributed by atoms with van der Waals surface area (Å²) >= 11 is 0. The highest BCUT2D eigenvalue weighted by Crippen LogP contribution is 2.33. The molecule has 34 heavy (non-hydrogen) atoms. The second-order valence-electron chi connectivity index (χ2n) is 8.11. The number of esters is 1. The molecule has 0 fully saturated rings. The number of oxime groups is 1. The summed E-state index contributed by atoms with van der Waals surface area (Å²) in [4.78, 5) is 22.8. The standard InChI is InChI=1S/C26H25N3O5/c1-3-34-26(30)13-10-23(27-31)19-8-11-24-21(14-19)22-15-20(29(32)33)9-12-25(22)28(24)16-18-6-4-17(2)5-7-18/h4-9,11-12,14-15,31H,3,10,13,16H2,1-2H3. The molecule has 0 saturated carbocycles. The number of nitrogens with zero attached hydrogens (tertiary/aromatic N) is 3. The normalized spacial score (nSPS) is 11.8. The maximum Gasteiger partial charge on any atom is 0.306 e. The van der Waals surface area contributed by atoms with E-state index in [-0.39, 0.29) is 31.1 Å². The van der Waals surface area contributed by atoms with Gasteiger partial charge in [-0.2, -0.15) is 0 Å². The van der Waals surface area contributed by atoms with E-state index in [9.17, 15) is 20.1 Å². The fraction of sp³-hybridized carbons (Fsp3) is 0.231. The van der Waals surface area contributed by atoms with Gasteiger partial charge in [-0.05, 0) is 37.6 Å². The van der Waals surface area contributed by atoms with Gasteiger partial charge in [-0.25, -0.2) is 0 Å². The molecule has 1 N–H and O–H groups in total. The molecular formula is C26H25N3O5. The molecule has 0 aliphatic carbocycles. The van der Waals surface area contributed by atoms with E-state index in [1.54, 1.807) is 19.1 Å². The Morgan fingerprint density at radius 3 is 2.35 bits per heavy atom. The zero-order valence-corrected chi connectivity index (χ0v) is 19.0. The largest absolute Gasteiger partial charge is 0.466 e. The molecule has 0 amide bonds. The van der Waals surface area contributed by atoms with Crippen molar-refractivity contribution in [2.24, 2.45) is 5.16 Å². The van der Waals surface area contributed by atoms with Crippen LogP contribution in [0, 0.1) is 17.0 Å². The molecule has 0 spiro atoms. The van der Waals surface area contributed by atoms with Gasteiger partial charge in [0.2, 0.25) is 0 Å². The number of nitro groups is 1. The second-order valence-corrected chi connectivity index (χ2v) is 8.11. The molecule has 0 saturated heterocycles. The molecule has 174 valence electrons. The molecule has 4 rings (SSSR count). The lowest BCUT2D eigenvalue weighted by molar-refractivity contribution is -0.384. The van der Waals surface area contributed by atoms with Gasteiger partial charge in [0.1, 0.15) is 0 Å². The molecule has 0 aliphatic heterocycles. The first-order valence-corrected chi connectivity index (χ1v) is 11.0. The van der Waals surface area contributed by atoms with Gasteiger partial charge in [0.25, 0.3) is 5.69 Å². The summed E-state index contributed by atoms with van der Waals surface area (Å²) in [5.74, 6) is -0.366. The van der Waals surface area contributed by atoms with Crippen molar-refractivity contribution < 1.29 is 19.7 Å². The number of hydrogen-bond donors (Lipinski definition) is 1. The van der Waals surface area contributed by atoms with Crippen LogP contribution in [0.2, 0.25) is 0 Å². The molecular weight excluding hydrogens is 434 g/mol. The highest BCUT2D eigenvalue weighted by Gasteiger charge is 2.17. The summed E-state index contributed by atoms with van der Waals surface area (Å²) in [7, 11) is 0. The first-order valence-electron chi connectivity index (χ1n) is 11.0. The monoisotopic (exact) mass is 459 g/mol. The predicted octanol–water partition coefficient (Wildman–Crippen LogP) is 5.58. The Balaban J connectivity index is 1.82. The molecule has 3 aromatic carbocycles. The summed E-state index contributed by atoms with van der Waals surface area (Å²) in [5, 5.41) is 26.0. The molecule has 4 aromatic rings. The zero-order chi connectivity index (χ0) is 24.2. The minimum atomic E-state index is -0.410. The SMILES string of the molecule is CCOC(=O)CCC(=NO)c1ccc2c(c1)c1cc([N+](=O)[O-])ccc1n2Cc1ccc(C)cc1. The molecule has 0 aliphatic rings. The Bertz CT molecular complexity index is 1400. The van der Waals surface area contributed by atoms with Gasteiger partial charge in [0.15, 0.2) is 0 Å². The third-order valence-electron chi connectivity index (χ3n) is 5.85. The van der Waals surface area contributed by atoms with E-state index < -0.39 is 4.92 Å². The summed E-state index contributed by atoms with van der Waals surface area (Å²) in [5.41, 5.74) is 5.05. The summed E-state index contributed by atoms with van der Waals surface area (Å²) in [6.45, 7) is 4.66. The van der Waals surface area contributed by atoms with Crippen LogP contribution < -0.4 is 0 Å². The predicted molar refractivity (Wildman–Crippen MR) is 131 cm³/mol. The second kappa shape index (κ2) is 9.74. The average molecular weight is 460 g/mol. The summed E-state index contributed by atoms with van der Waals surface area (Å²) in [6, 6.07) is 18.7. The molecule has 1 heterocycles. The number of ether oxygens (including phenoxy) is 1. The van der Waals surface area contributed by atoms with Crippen LogP contribution in [-0.2, 0) is 16.1 Å². The number of nitro benzene ring substituents is 1. The topological polar surface area (TPSA) is 107 Å². The van der Waals surface area contributed by atoms with E-state index >= 15 is 0 Å². The van der Waals surface area contributed by atoms with Crippen LogP contribution in [0.3, 0.4) is 0 Å². The number of fused-ring (bicyclic) bond motifs is 3. The minimum Gasteiger partial charge on any atom is -0.466 e. The third kappa shape index (κ3) is 4.61. The number of aryl methyl sites for hydroxylation is 1. The molecule has 8 nitrogen and oxygen atoms in total. The molecule has 1 aromatic heterocycles. The maximum atomic E-state index is 11.8.